The lowest BCUT2D eigenvalue weighted by Gasteiger charge is -2.17. The summed E-state index contributed by atoms with van der Waals surface area (Å²) in [7, 11) is 1.92. The summed E-state index contributed by atoms with van der Waals surface area (Å²) in [6.07, 6.45) is 5.10. The monoisotopic (exact) mass is 295 g/mol. The van der Waals surface area contributed by atoms with Crippen molar-refractivity contribution in [2.24, 2.45) is 13.0 Å². The van der Waals surface area contributed by atoms with Crippen molar-refractivity contribution in [3.8, 4) is 0 Å². The third-order valence-corrected chi connectivity index (χ3v) is 3.81. The van der Waals surface area contributed by atoms with Gasteiger partial charge >= 0.3 is 0 Å². The maximum absolute atomic E-state index is 5.83. The molecule has 1 aliphatic heterocycles. The van der Waals surface area contributed by atoms with Crippen LogP contribution in [0.25, 0.3) is 0 Å². The second-order valence-electron chi connectivity index (χ2n) is 5.12. The first-order valence-corrected chi connectivity index (χ1v) is 7.15. The van der Waals surface area contributed by atoms with Gasteiger partial charge in [0.05, 0.1) is 18.8 Å². The fourth-order valence-electron chi connectivity index (χ4n) is 2.63. The zero-order valence-corrected chi connectivity index (χ0v) is 12.1. The Hall–Kier alpha value is -1.30. The molecule has 108 valence electrons. The summed E-state index contributed by atoms with van der Waals surface area (Å²) < 4.78 is 13.0. The van der Waals surface area contributed by atoms with E-state index >= 15 is 0 Å². The maximum Gasteiger partial charge on any atom is 0.193 e. The summed E-state index contributed by atoms with van der Waals surface area (Å²) in [6, 6.07) is 3.65. The quantitative estimate of drug-likeness (QED) is 0.921. The largest absolute Gasteiger partial charge is 0.448 e. The highest BCUT2D eigenvalue weighted by Crippen LogP contribution is 2.33. The smallest absolute Gasteiger partial charge is 0.193 e. The van der Waals surface area contributed by atoms with Crippen LogP contribution < -0.4 is 5.32 Å². The summed E-state index contributed by atoms with van der Waals surface area (Å²) in [5, 5.41) is 8.05. The number of hydrogen-bond donors (Lipinski definition) is 1. The fraction of sp³-hybridized carbons (Fsp3) is 0.500. The molecule has 0 bridgehead atoms. The van der Waals surface area contributed by atoms with Gasteiger partial charge in [0.2, 0.25) is 0 Å². The lowest BCUT2D eigenvalue weighted by atomic mass is 9.97. The normalized spacial score (nSPS) is 22.5. The number of aromatic nitrogens is 2. The van der Waals surface area contributed by atoms with Gasteiger partial charge in [-0.05, 0) is 30.2 Å². The van der Waals surface area contributed by atoms with Gasteiger partial charge in [-0.3, -0.25) is 4.68 Å². The number of ether oxygens (including phenoxy) is 1. The molecular weight excluding hydrogens is 278 g/mol. The van der Waals surface area contributed by atoms with Crippen LogP contribution in [0, 0.1) is 5.92 Å². The van der Waals surface area contributed by atoms with Crippen LogP contribution in [-0.2, 0) is 18.3 Å². The number of hydrogen-bond acceptors (Lipinski definition) is 4. The molecule has 1 fully saturated rings. The molecule has 20 heavy (non-hydrogen) atoms. The molecular formula is C14H18ClN3O2. The highest BCUT2D eigenvalue weighted by Gasteiger charge is 2.30. The summed E-state index contributed by atoms with van der Waals surface area (Å²) in [6.45, 7) is 2.37. The first kappa shape index (κ1) is 13.7. The first-order valence-electron chi connectivity index (χ1n) is 6.77. The predicted molar refractivity (Wildman–Crippen MR) is 75.4 cm³/mol. The molecule has 0 saturated carbocycles. The third kappa shape index (κ3) is 3.06. The standard InChI is InChI=1S/C14H18ClN3O2/c1-18-9-11(7-17-18)14-10(4-5-19-14)6-16-8-12-2-3-13(15)20-12/h2-3,7,9-10,14,16H,4-6,8H2,1H3/t10-,14+/m0/s1. The molecule has 5 nitrogen and oxygen atoms in total. The van der Waals surface area contributed by atoms with Gasteiger partial charge in [0.1, 0.15) is 5.76 Å². The topological polar surface area (TPSA) is 52.2 Å². The van der Waals surface area contributed by atoms with Crippen molar-refractivity contribution in [1.82, 2.24) is 15.1 Å². The number of nitrogens with zero attached hydrogens (tertiary/aromatic N) is 2. The molecule has 0 radical (unpaired) electrons. The average Bonchev–Trinajstić information content (AvgIpc) is 3.11. The van der Waals surface area contributed by atoms with Crippen molar-refractivity contribution >= 4 is 11.6 Å². The Labute approximate surface area is 122 Å². The van der Waals surface area contributed by atoms with E-state index in [1.54, 1.807) is 6.07 Å². The van der Waals surface area contributed by atoms with Crippen molar-refractivity contribution in [3.05, 3.63) is 41.1 Å². The van der Waals surface area contributed by atoms with E-state index in [4.69, 9.17) is 20.8 Å². The summed E-state index contributed by atoms with van der Waals surface area (Å²) in [4.78, 5) is 0. The van der Waals surface area contributed by atoms with Gasteiger partial charge in [0, 0.05) is 37.9 Å². The van der Waals surface area contributed by atoms with Crippen molar-refractivity contribution in [3.63, 3.8) is 0 Å². The molecule has 0 amide bonds. The summed E-state index contributed by atoms with van der Waals surface area (Å²) in [5.74, 6) is 1.32. The molecule has 0 spiro atoms. The zero-order chi connectivity index (χ0) is 13.9. The molecule has 3 rings (SSSR count). The molecule has 1 N–H and O–H groups in total. The Morgan fingerprint density at radius 2 is 2.40 bits per heavy atom. The molecule has 6 heteroatoms. The highest BCUT2D eigenvalue weighted by atomic mass is 35.5. The molecule has 1 saturated heterocycles. The number of aryl methyl sites for hydroxylation is 1. The van der Waals surface area contributed by atoms with Crippen molar-refractivity contribution in [2.75, 3.05) is 13.2 Å². The molecule has 2 aromatic rings. The van der Waals surface area contributed by atoms with Crippen LogP contribution in [0.15, 0.2) is 28.9 Å². The minimum absolute atomic E-state index is 0.136. The van der Waals surface area contributed by atoms with E-state index in [0.717, 1.165) is 30.9 Å². The minimum atomic E-state index is 0.136. The number of furan rings is 1. The van der Waals surface area contributed by atoms with Crippen LogP contribution in [-0.4, -0.2) is 22.9 Å². The van der Waals surface area contributed by atoms with Gasteiger partial charge < -0.3 is 14.5 Å². The van der Waals surface area contributed by atoms with Gasteiger partial charge in [0.25, 0.3) is 0 Å². The lowest BCUT2D eigenvalue weighted by Crippen LogP contribution is -2.24. The van der Waals surface area contributed by atoms with Crippen LogP contribution in [0.4, 0.5) is 0 Å². The Bertz CT molecular complexity index is 566. The van der Waals surface area contributed by atoms with Crippen LogP contribution in [0.3, 0.4) is 0 Å². The Morgan fingerprint density at radius 3 is 3.10 bits per heavy atom. The van der Waals surface area contributed by atoms with Crippen molar-refractivity contribution in [1.29, 1.82) is 0 Å². The number of nitrogens with one attached hydrogen (secondary N) is 1. The number of rotatable bonds is 5. The van der Waals surface area contributed by atoms with E-state index in [9.17, 15) is 0 Å². The summed E-state index contributed by atoms with van der Waals surface area (Å²) in [5.41, 5.74) is 1.15. The van der Waals surface area contributed by atoms with E-state index in [1.807, 2.05) is 30.2 Å². The second-order valence-corrected chi connectivity index (χ2v) is 5.50. The van der Waals surface area contributed by atoms with Crippen molar-refractivity contribution < 1.29 is 9.15 Å². The van der Waals surface area contributed by atoms with E-state index in [1.165, 1.54) is 0 Å². The van der Waals surface area contributed by atoms with Gasteiger partial charge in [-0.25, -0.2) is 0 Å². The lowest BCUT2D eigenvalue weighted by molar-refractivity contribution is 0.0903. The molecule has 2 aromatic heterocycles. The Kier molecular flexibility index (Phi) is 4.10. The molecule has 3 heterocycles. The molecule has 0 unspecified atom stereocenters. The SMILES string of the molecule is Cn1cc([C@@H]2OCC[C@H]2CNCc2ccc(Cl)o2)cn1. The first-order chi connectivity index (χ1) is 9.72. The fourth-order valence-corrected chi connectivity index (χ4v) is 2.79. The zero-order valence-electron chi connectivity index (χ0n) is 11.4. The van der Waals surface area contributed by atoms with E-state index < -0.39 is 0 Å². The third-order valence-electron chi connectivity index (χ3n) is 3.60. The Balaban J connectivity index is 1.54. The van der Waals surface area contributed by atoms with E-state index in [2.05, 4.69) is 10.4 Å². The van der Waals surface area contributed by atoms with Gasteiger partial charge in [0.15, 0.2) is 5.22 Å². The van der Waals surface area contributed by atoms with E-state index in [0.29, 0.717) is 17.7 Å². The van der Waals surface area contributed by atoms with Gasteiger partial charge in [-0.1, -0.05) is 0 Å². The highest BCUT2D eigenvalue weighted by molar-refractivity contribution is 6.28. The van der Waals surface area contributed by atoms with Gasteiger partial charge in [-0.15, -0.1) is 0 Å². The number of halogens is 1. The van der Waals surface area contributed by atoms with Crippen LogP contribution in [0.1, 0.15) is 23.8 Å². The second kappa shape index (κ2) is 5.99. The molecule has 0 aliphatic carbocycles. The van der Waals surface area contributed by atoms with Crippen LogP contribution >= 0.6 is 11.6 Å². The van der Waals surface area contributed by atoms with Gasteiger partial charge in [-0.2, -0.15) is 5.10 Å². The Morgan fingerprint density at radius 1 is 1.50 bits per heavy atom. The summed E-state index contributed by atoms with van der Waals surface area (Å²) >= 11 is 5.75. The molecule has 1 aliphatic rings. The van der Waals surface area contributed by atoms with Crippen molar-refractivity contribution in [2.45, 2.75) is 19.1 Å². The molecule has 0 aromatic carbocycles. The molecule has 2 atom stereocenters. The van der Waals surface area contributed by atoms with E-state index in [-0.39, 0.29) is 6.10 Å². The minimum Gasteiger partial charge on any atom is -0.448 e. The average molecular weight is 296 g/mol. The predicted octanol–water partition coefficient (Wildman–Crippen LogP) is 2.53. The van der Waals surface area contributed by atoms with Crippen LogP contribution in [0.2, 0.25) is 5.22 Å². The van der Waals surface area contributed by atoms with Crippen LogP contribution in [0.5, 0.6) is 0 Å². The maximum atomic E-state index is 5.83.